The molecule has 0 aliphatic carbocycles. The smallest absolute Gasteiger partial charge is 0.0320 e. The molecule has 1 N–H and O–H groups in total. The van der Waals surface area contributed by atoms with Crippen LogP contribution in [0, 0.1) is 5.41 Å². The van der Waals surface area contributed by atoms with Crippen LogP contribution in [-0.2, 0) is 0 Å². The van der Waals surface area contributed by atoms with Crippen molar-refractivity contribution >= 4 is 28.3 Å². The highest BCUT2D eigenvalue weighted by Crippen LogP contribution is 2.28. The van der Waals surface area contributed by atoms with Gasteiger partial charge in [0.25, 0.3) is 0 Å². The van der Waals surface area contributed by atoms with Crippen LogP contribution >= 0.6 is 28.3 Å². The molecule has 3 nitrogen and oxygen atoms in total. The average molecular weight is 403 g/mol. The summed E-state index contributed by atoms with van der Waals surface area (Å²) in [6.45, 7) is 13.2. The number of halogens is 2. The Morgan fingerprint density at radius 2 is 1.83 bits per heavy atom. The minimum Gasteiger partial charge on any atom is -0.316 e. The predicted octanol–water partition coefficient (Wildman–Crippen LogP) is 3.55. The number of hydrogen-bond donors (Lipinski definition) is 1. The van der Waals surface area contributed by atoms with Gasteiger partial charge in [-0.2, -0.15) is 0 Å². The van der Waals surface area contributed by atoms with Crippen molar-refractivity contribution in [1.29, 1.82) is 0 Å². The van der Waals surface area contributed by atoms with E-state index in [1.165, 1.54) is 57.8 Å². The third-order valence-electron chi connectivity index (χ3n) is 5.37. The third kappa shape index (κ3) is 4.93. The first-order valence-electron chi connectivity index (χ1n) is 8.48. The van der Waals surface area contributed by atoms with Gasteiger partial charge in [0.05, 0.1) is 0 Å². The number of nitrogens with zero attached hydrogens (tertiary/aromatic N) is 2. The second-order valence-corrected chi connectivity index (χ2v) is 8.19. The van der Waals surface area contributed by atoms with Gasteiger partial charge in [-0.3, -0.25) is 4.90 Å². The molecule has 0 bridgehead atoms. The van der Waals surface area contributed by atoms with Crippen LogP contribution in [0.5, 0.6) is 0 Å². The molecule has 2 heterocycles. The fourth-order valence-electron chi connectivity index (χ4n) is 3.80. The van der Waals surface area contributed by atoms with E-state index in [0.29, 0.717) is 11.5 Å². The predicted molar refractivity (Wildman–Crippen MR) is 103 cm³/mol. The lowest BCUT2D eigenvalue weighted by Crippen LogP contribution is -2.50. The summed E-state index contributed by atoms with van der Waals surface area (Å²) in [6.07, 6.45) is 1.32. The molecular formula is C18H29BrClN3. The van der Waals surface area contributed by atoms with E-state index in [1.807, 2.05) is 0 Å². The van der Waals surface area contributed by atoms with E-state index in [4.69, 9.17) is 0 Å². The fraction of sp³-hybridized carbons (Fsp3) is 0.667. The topological polar surface area (TPSA) is 18.5 Å². The molecule has 3 rings (SSSR count). The molecule has 23 heavy (non-hydrogen) atoms. The number of hydrogen-bond acceptors (Lipinski definition) is 3. The summed E-state index contributed by atoms with van der Waals surface area (Å²) in [7, 11) is 0. The first-order valence-corrected chi connectivity index (χ1v) is 9.28. The van der Waals surface area contributed by atoms with Crippen LogP contribution in [-0.4, -0.2) is 55.6 Å². The SMILES string of the molecule is CC(c1ccc(Br)cc1)N1CCN(CC2(C)CCNC2)CC1.Cl. The Kier molecular flexibility index (Phi) is 6.93. The molecular weight excluding hydrogens is 374 g/mol. The van der Waals surface area contributed by atoms with Crippen LogP contribution in [0.4, 0.5) is 0 Å². The van der Waals surface area contributed by atoms with Crippen molar-refractivity contribution in [3.8, 4) is 0 Å². The summed E-state index contributed by atoms with van der Waals surface area (Å²) in [5, 5.41) is 3.51. The molecule has 1 aromatic rings. The monoisotopic (exact) mass is 401 g/mol. The van der Waals surface area contributed by atoms with E-state index in [1.54, 1.807) is 0 Å². The Labute approximate surface area is 155 Å². The Morgan fingerprint density at radius 3 is 2.39 bits per heavy atom. The average Bonchev–Trinajstić information content (AvgIpc) is 2.94. The van der Waals surface area contributed by atoms with E-state index in [2.05, 4.69) is 69.2 Å². The molecule has 0 aromatic heterocycles. The number of rotatable bonds is 4. The fourth-order valence-corrected chi connectivity index (χ4v) is 4.07. The van der Waals surface area contributed by atoms with E-state index >= 15 is 0 Å². The van der Waals surface area contributed by atoms with Gasteiger partial charge in [-0.1, -0.05) is 35.0 Å². The molecule has 2 aliphatic heterocycles. The quantitative estimate of drug-likeness (QED) is 0.831. The summed E-state index contributed by atoms with van der Waals surface area (Å²) in [4.78, 5) is 5.28. The van der Waals surface area contributed by atoms with Crippen LogP contribution in [0.15, 0.2) is 28.7 Å². The van der Waals surface area contributed by atoms with Crippen molar-refractivity contribution in [2.75, 3.05) is 45.8 Å². The minimum absolute atomic E-state index is 0. The van der Waals surface area contributed by atoms with Crippen LogP contribution in [0.2, 0.25) is 0 Å². The number of benzene rings is 1. The Hall–Kier alpha value is -0.130. The molecule has 2 fully saturated rings. The summed E-state index contributed by atoms with van der Waals surface area (Å²) in [5.41, 5.74) is 1.91. The number of piperazine rings is 1. The Morgan fingerprint density at radius 1 is 1.17 bits per heavy atom. The molecule has 1 aromatic carbocycles. The Bertz CT molecular complexity index is 480. The van der Waals surface area contributed by atoms with Gasteiger partial charge in [0.1, 0.15) is 0 Å². The normalized spacial score (nSPS) is 27.6. The van der Waals surface area contributed by atoms with E-state index < -0.39 is 0 Å². The zero-order valence-electron chi connectivity index (χ0n) is 14.2. The third-order valence-corrected chi connectivity index (χ3v) is 5.90. The van der Waals surface area contributed by atoms with Crippen molar-refractivity contribution < 1.29 is 0 Å². The van der Waals surface area contributed by atoms with Gasteiger partial charge in [0.15, 0.2) is 0 Å². The maximum atomic E-state index is 3.52. The van der Waals surface area contributed by atoms with Crippen LogP contribution in [0.3, 0.4) is 0 Å². The highest BCUT2D eigenvalue weighted by Gasteiger charge is 2.32. The van der Waals surface area contributed by atoms with Gasteiger partial charge in [0, 0.05) is 49.8 Å². The molecule has 0 amide bonds. The second kappa shape index (κ2) is 8.30. The summed E-state index contributed by atoms with van der Waals surface area (Å²) in [5.74, 6) is 0. The zero-order valence-corrected chi connectivity index (χ0v) is 16.6. The molecule has 0 radical (unpaired) electrons. The van der Waals surface area contributed by atoms with Crippen molar-refractivity contribution in [3.63, 3.8) is 0 Å². The van der Waals surface area contributed by atoms with Crippen molar-refractivity contribution in [3.05, 3.63) is 34.3 Å². The molecule has 2 atom stereocenters. The van der Waals surface area contributed by atoms with Crippen LogP contribution < -0.4 is 5.32 Å². The first-order chi connectivity index (χ1) is 10.6. The van der Waals surface area contributed by atoms with E-state index in [0.717, 1.165) is 4.47 Å². The van der Waals surface area contributed by atoms with Gasteiger partial charge < -0.3 is 10.2 Å². The van der Waals surface area contributed by atoms with Crippen LogP contribution in [0.1, 0.15) is 31.9 Å². The van der Waals surface area contributed by atoms with Gasteiger partial charge in [-0.25, -0.2) is 0 Å². The van der Waals surface area contributed by atoms with Crippen LogP contribution in [0.25, 0.3) is 0 Å². The lowest BCUT2D eigenvalue weighted by atomic mass is 9.89. The lowest BCUT2D eigenvalue weighted by molar-refractivity contribution is 0.0761. The summed E-state index contributed by atoms with van der Waals surface area (Å²) >= 11 is 3.52. The zero-order chi connectivity index (χ0) is 15.6. The van der Waals surface area contributed by atoms with Crippen molar-refractivity contribution in [2.45, 2.75) is 26.3 Å². The van der Waals surface area contributed by atoms with Gasteiger partial charge in [0.2, 0.25) is 0 Å². The van der Waals surface area contributed by atoms with Gasteiger partial charge in [-0.05, 0) is 43.0 Å². The Balaban J connectivity index is 0.00000192. The standard InChI is InChI=1S/C18H28BrN3.ClH/c1-15(16-3-5-17(19)6-4-16)22-11-9-21(10-12-22)14-18(2)7-8-20-13-18;/h3-6,15,20H,7-14H2,1-2H3;1H. The molecule has 2 aliphatic rings. The molecule has 0 saturated carbocycles. The molecule has 130 valence electrons. The largest absolute Gasteiger partial charge is 0.316 e. The lowest BCUT2D eigenvalue weighted by Gasteiger charge is -2.41. The van der Waals surface area contributed by atoms with Crippen molar-refractivity contribution in [2.24, 2.45) is 5.41 Å². The minimum atomic E-state index is 0. The van der Waals surface area contributed by atoms with E-state index in [-0.39, 0.29) is 12.4 Å². The maximum Gasteiger partial charge on any atom is 0.0320 e. The number of nitrogens with one attached hydrogen (secondary N) is 1. The molecule has 2 saturated heterocycles. The first kappa shape index (κ1) is 19.2. The molecule has 5 heteroatoms. The molecule has 2 unspecified atom stereocenters. The highest BCUT2D eigenvalue weighted by molar-refractivity contribution is 9.10. The van der Waals surface area contributed by atoms with Gasteiger partial charge in [-0.15, -0.1) is 12.4 Å². The summed E-state index contributed by atoms with van der Waals surface area (Å²) < 4.78 is 1.16. The van der Waals surface area contributed by atoms with Crippen molar-refractivity contribution in [1.82, 2.24) is 15.1 Å². The second-order valence-electron chi connectivity index (χ2n) is 7.28. The molecule has 0 spiro atoms. The summed E-state index contributed by atoms with van der Waals surface area (Å²) in [6, 6.07) is 9.30. The van der Waals surface area contributed by atoms with Gasteiger partial charge >= 0.3 is 0 Å². The van der Waals surface area contributed by atoms with E-state index in [9.17, 15) is 0 Å². The maximum absolute atomic E-state index is 3.52. The highest BCUT2D eigenvalue weighted by atomic mass is 79.9.